The fourth-order valence-corrected chi connectivity index (χ4v) is 2.06. The maximum Gasteiger partial charge on any atom is 0.308 e. The first kappa shape index (κ1) is 18.0. The van der Waals surface area contributed by atoms with E-state index in [0.29, 0.717) is 24.5 Å². The number of nitrogens with one attached hydrogen (secondary N) is 1. The maximum absolute atomic E-state index is 11.7. The van der Waals surface area contributed by atoms with Crippen LogP contribution in [0.5, 0.6) is 11.5 Å². The van der Waals surface area contributed by atoms with Crippen molar-refractivity contribution in [3.05, 3.63) is 23.8 Å². The van der Waals surface area contributed by atoms with Crippen molar-refractivity contribution in [1.29, 1.82) is 0 Å². The van der Waals surface area contributed by atoms with E-state index in [9.17, 15) is 9.59 Å². The molecule has 0 saturated carbocycles. The molecule has 0 aromatic heterocycles. The van der Waals surface area contributed by atoms with E-state index >= 15 is 0 Å². The summed E-state index contributed by atoms with van der Waals surface area (Å²) in [6, 6.07) is 5.23. The number of unbranched alkanes of at least 4 members (excludes halogenated alkanes) is 3. The smallest absolute Gasteiger partial charge is 0.308 e. The highest BCUT2D eigenvalue weighted by molar-refractivity contribution is 5.75. The molecule has 5 heteroatoms. The molecule has 1 amide bonds. The minimum atomic E-state index is -0.397. The molecular weight excluding hydrogens is 282 g/mol. The van der Waals surface area contributed by atoms with Crippen molar-refractivity contribution < 1.29 is 19.1 Å². The number of carbonyl (C=O) groups is 2. The molecule has 0 aliphatic rings. The van der Waals surface area contributed by atoms with E-state index in [2.05, 4.69) is 12.2 Å². The number of esters is 1. The highest BCUT2D eigenvalue weighted by Gasteiger charge is 2.08. The Hall–Kier alpha value is -2.04. The van der Waals surface area contributed by atoms with E-state index in [0.717, 1.165) is 24.8 Å². The molecule has 0 bridgehead atoms. The number of amides is 1. The second kappa shape index (κ2) is 9.82. The summed E-state index contributed by atoms with van der Waals surface area (Å²) in [6.45, 7) is 3.92. The van der Waals surface area contributed by atoms with Gasteiger partial charge in [-0.3, -0.25) is 9.59 Å². The van der Waals surface area contributed by atoms with Crippen LogP contribution in [0, 0.1) is 0 Å². The minimum absolute atomic E-state index is 0.0548. The molecule has 1 rings (SSSR count). The van der Waals surface area contributed by atoms with Gasteiger partial charge in [0.05, 0.1) is 7.11 Å². The fraction of sp³-hybridized carbons (Fsp3) is 0.529. The average Bonchev–Trinajstić information content (AvgIpc) is 2.50. The second-order valence-electron chi connectivity index (χ2n) is 5.17. The Morgan fingerprint density at radius 2 is 1.91 bits per heavy atom. The van der Waals surface area contributed by atoms with Crippen molar-refractivity contribution in [1.82, 2.24) is 5.32 Å². The van der Waals surface area contributed by atoms with Crippen LogP contribution in [0.1, 0.15) is 51.5 Å². The Balaban J connectivity index is 2.49. The zero-order valence-electron chi connectivity index (χ0n) is 13.6. The van der Waals surface area contributed by atoms with E-state index in [4.69, 9.17) is 9.47 Å². The summed E-state index contributed by atoms with van der Waals surface area (Å²) < 4.78 is 10.2. The third kappa shape index (κ3) is 6.61. The number of rotatable bonds is 9. The molecule has 0 fully saturated rings. The molecule has 1 aromatic rings. The summed E-state index contributed by atoms with van der Waals surface area (Å²) in [5.74, 6) is 0.514. The number of methoxy groups -OCH3 is 1. The van der Waals surface area contributed by atoms with Crippen LogP contribution in [0.2, 0.25) is 0 Å². The van der Waals surface area contributed by atoms with E-state index in [1.54, 1.807) is 18.2 Å². The number of carbonyl (C=O) groups excluding carboxylic acids is 2. The Kier molecular flexibility index (Phi) is 8.04. The molecule has 22 heavy (non-hydrogen) atoms. The van der Waals surface area contributed by atoms with E-state index < -0.39 is 5.97 Å². The summed E-state index contributed by atoms with van der Waals surface area (Å²) in [6.07, 6.45) is 4.91. The third-order valence-electron chi connectivity index (χ3n) is 3.23. The van der Waals surface area contributed by atoms with Gasteiger partial charge in [-0.25, -0.2) is 0 Å². The van der Waals surface area contributed by atoms with Crippen molar-refractivity contribution >= 4 is 11.9 Å². The molecule has 122 valence electrons. The third-order valence-corrected chi connectivity index (χ3v) is 3.23. The Morgan fingerprint density at radius 1 is 1.14 bits per heavy atom. The lowest BCUT2D eigenvalue weighted by atomic mass is 10.1. The lowest BCUT2D eigenvalue weighted by molar-refractivity contribution is -0.132. The quantitative estimate of drug-likeness (QED) is 0.432. The molecule has 1 aromatic carbocycles. The summed E-state index contributed by atoms with van der Waals surface area (Å²) >= 11 is 0. The van der Waals surface area contributed by atoms with Crippen LogP contribution in [0.25, 0.3) is 0 Å². The van der Waals surface area contributed by atoms with Crippen LogP contribution < -0.4 is 14.8 Å². The predicted octanol–water partition coefficient (Wildman–Crippen LogP) is 3.21. The van der Waals surface area contributed by atoms with Gasteiger partial charge >= 0.3 is 5.97 Å². The summed E-state index contributed by atoms with van der Waals surface area (Å²) in [7, 11) is 1.51. The topological polar surface area (TPSA) is 64.6 Å². The van der Waals surface area contributed by atoms with Crippen LogP contribution in [-0.2, 0) is 16.1 Å². The highest BCUT2D eigenvalue weighted by Crippen LogP contribution is 2.28. The van der Waals surface area contributed by atoms with Crippen LogP contribution in [0.4, 0.5) is 0 Å². The first-order chi connectivity index (χ1) is 10.6. The van der Waals surface area contributed by atoms with Crippen LogP contribution in [0.3, 0.4) is 0 Å². The molecule has 0 radical (unpaired) electrons. The molecule has 0 aliphatic heterocycles. The monoisotopic (exact) mass is 307 g/mol. The van der Waals surface area contributed by atoms with Crippen molar-refractivity contribution in [2.75, 3.05) is 7.11 Å². The molecular formula is C17H25NO4. The first-order valence-electron chi connectivity index (χ1n) is 7.68. The van der Waals surface area contributed by atoms with Gasteiger partial charge in [-0.2, -0.15) is 0 Å². The summed E-state index contributed by atoms with van der Waals surface area (Å²) in [5.41, 5.74) is 0.898. The van der Waals surface area contributed by atoms with Crippen molar-refractivity contribution in [3.63, 3.8) is 0 Å². The standard InChI is InChI=1S/C17H25NO4/c1-4-5-6-7-8-17(20)18-12-14-9-10-15(22-13(2)19)16(11-14)21-3/h9-11H,4-8,12H2,1-3H3,(H,18,20). The summed E-state index contributed by atoms with van der Waals surface area (Å²) in [5, 5.41) is 2.89. The van der Waals surface area contributed by atoms with Crippen molar-refractivity contribution in [2.24, 2.45) is 0 Å². The normalized spacial score (nSPS) is 10.1. The minimum Gasteiger partial charge on any atom is -0.493 e. The largest absolute Gasteiger partial charge is 0.493 e. The van der Waals surface area contributed by atoms with Crippen LogP contribution in [-0.4, -0.2) is 19.0 Å². The molecule has 0 heterocycles. The van der Waals surface area contributed by atoms with Gasteiger partial charge < -0.3 is 14.8 Å². The molecule has 5 nitrogen and oxygen atoms in total. The maximum atomic E-state index is 11.7. The Labute approximate surface area is 132 Å². The van der Waals surface area contributed by atoms with Gasteiger partial charge in [0.25, 0.3) is 0 Å². The highest BCUT2D eigenvalue weighted by atomic mass is 16.6. The summed E-state index contributed by atoms with van der Waals surface area (Å²) in [4.78, 5) is 22.7. The van der Waals surface area contributed by atoms with Gasteiger partial charge in [0.2, 0.25) is 5.91 Å². The van der Waals surface area contributed by atoms with E-state index in [1.165, 1.54) is 20.5 Å². The fourth-order valence-electron chi connectivity index (χ4n) is 2.06. The lowest BCUT2D eigenvalue weighted by Gasteiger charge is -2.10. The van der Waals surface area contributed by atoms with Gasteiger partial charge in [-0.05, 0) is 24.1 Å². The predicted molar refractivity (Wildman–Crippen MR) is 84.9 cm³/mol. The molecule has 1 N–H and O–H groups in total. The van der Waals surface area contributed by atoms with Crippen molar-refractivity contribution in [2.45, 2.75) is 52.5 Å². The molecule has 0 aliphatic carbocycles. The average molecular weight is 307 g/mol. The zero-order valence-corrected chi connectivity index (χ0v) is 13.6. The van der Waals surface area contributed by atoms with Gasteiger partial charge in [0.1, 0.15) is 0 Å². The molecule has 0 saturated heterocycles. The van der Waals surface area contributed by atoms with E-state index in [-0.39, 0.29) is 5.91 Å². The SMILES string of the molecule is CCCCCCC(=O)NCc1ccc(OC(C)=O)c(OC)c1. The van der Waals surface area contributed by atoms with Gasteiger partial charge in [-0.1, -0.05) is 32.3 Å². The lowest BCUT2D eigenvalue weighted by Crippen LogP contribution is -2.22. The van der Waals surface area contributed by atoms with Gasteiger partial charge in [0, 0.05) is 19.9 Å². The second-order valence-corrected chi connectivity index (χ2v) is 5.17. The number of hydrogen-bond donors (Lipinski definition) is 1. The molecule has 0 spiro atoms. The Bertz CT molecular complexity index is 499. The number of hydrogen-bond acceptors (Lipinski definition) is 4. The number of ether oxygens (including phenoxy) is 2. The van der Waals surface area contributed by atoms with Crippen LogP contribution >= 0.6 is 0 Å². The molecule has 0 atom stereocenters. The molecule has 0 unspecified atom stereocenters. The van der Waals surface area contributed by atoms with Gasteiger partial charge in [0.15, 0.2) is 11.5 Å². The van der Waals surface area contributed by atoms with E-state index in [1.807, 2.05) is 0 Å². The van der Waals surface area contributed by atoms with Gasteiger partial charge in [-0.15, -0.1) is 0 Å². The first-order valence-corrected chi connectivity index (χ1v) is 7.68. The number of benzene rings is 1. The zero-order chi connectivity index (χ0) is 16.4. The van der Waals surface area contributed by atoms with Crippen LogP contribution in [0.15, 0.2) is 18.2 Å². The van der Waals surface area contributed by atoms with Crippen molar-refractivity contribution in [3.8, 4) is 11.5 Å². The Morgan fingerprint density at radius 3 is 2.55 bits per heavy atom.